The van der Waals surface area contributed by atoms with E-state index in [4.69, 9.17) is 0 Å². The van der Waals surface area contributed by atoms with Gasteiger partial charge in [0.2, 0.25) is 0 Å². The summed E-state index contributed by atoms with van der Waals surface area (Å²) in [4.78, 5) is 2.77. The van der Waals surface area contributed by atoms with Gasteiger partial charge in [0.1, 0.15) is 0 Å². The fourth-order valence-electron chi connectivity index (χ4n) is 4.86. The van der Waals surface area contributed by atoms with Crippen LogP contribution >= 0.6 is 0 Å². The van der Waals surface area contributed by atoms with Crippen LogP contribution in [-0.4, -0.2) is 37.6 Å². The minimum atomic E-state index is 0.625. The average molecular weight is 281 g/mol. The van der Waals surface area contributed by atoms with E-state index < -0.39 is 0 Å². The van der Waals surface area contributed by atoms with Crippen LogP contribution in [0.4, 0.5) is 0 Å². The molecule has 2 aliphatic rings. The summed E-state index contributed by atoms with van der Waals surface area (Å²) in [5.74, 6) is 2.61. The lowest BCUT2D eigenvalue weighted by Gasteiger charge is -2.41. The third-order valence-electron chi connectivity index (χ3n) is 6.54. The lowest BCUT2D eigenvalue weighted by molar-refractivity contribution is 0.108. The summed E-state index contributed by atoms with van der Waals surface area (Å²) in [5, 5.41) is 3.61. The van der Waals surface area contributed by atoms with Crippen molar-refractivity contribution in [2.24, 2.45) is 23.2 Å². The fourth-order valence-corrected chi connectivity index (χ4v) is 4.86. The molecule has 2 heteroatoms. The fraction of sp³-hybridized carbons (Fsp3) is 1.00. The van der Waals surface area contributed by atoms with Gasteiger partial charge in [-0.3, -0.25) is 0 Å². The zero-order valence-electron chi connectivity index (χ0n) is 14.4. The standard InChI is InChI=1S/C18H36N2/c1-6-18(7-2)8-9-20(13-18)12-16-15(4)10-14(3)11-17(16)19-5/h14-17,19H,6-13H2,1-5H3. The van der Waals surface area contributed by atoms with Gasteiger partial charge in [0.05, 0.1) is 0 Å². The third kappa shape index (κ3) is 3.39. The minimum absolute atomic E-state index is 0.625. The summed E-state index contributed by atoms with van der Waals surface area (Å²) in [7, 11) is 2.16. The number of nitrogens with one attached hydrogen (secondary N) is 1. The van der Waals surface area contributed by atoms with Gasteiger partial charge in [-0.2, -0.15) is 0 Å². The van der Waals surface area contributed by atoms with Gasteiger partial charge in [0.15, 0.2) is 0 Å². The van der Waals surface area contributed by atoms with Crippen molar-refractivity contribution in [3.63, 3.8) is 0 Å². The summed E-state index contributed by atoms with van der Waals surface area (Å²) < 4.78 is 0. The molecular formula is C18H36N2. The summed E-state index contributed by atoms with van der Waals surface area (Å²) in [6, 6.07) is 0.729. The predicted molar refractivity (Wildman–Crippen MR) is 88.0 cm³/mol. The Labute approximate surface area is 126 Å². The molecule has 1 saturated heterocycles. The molecule has 2 fully saturated rings. The highest BCUT2D eigenvalue weighted by molar-refractivity contribution is 4.93. The molecule has 4 unspecified atom stereocenters. The zero-order valence-corrected chi connectivity index (χ0v) is 14.4. The van der Waals surface area contributed by atoms with Crippen molar-refractivity contribution in [3.8, 4) is 0 Å². The molecule has 2 nitrogen and oxygen atoms in total. The van der Waals surface area contributed by atoms with Crippen molar-refractivity contribution in [1.82, 2.24) is 10.2 Å². The highest BCUT2D eigenvalue weighted by atomic mass is 15.2. The Kier molecular flexibility index (Phi) is 5.53. The topological polar surface area (TPSA) is 15.3 Å². The molecule has 0 aromatic rings. The molecule has 20 heavy (non-hydrogen) atoms. The summed E-state index contributed by atoms with van der Waals surface area (Å²) in [6.07, 6.45) is 6.91. The molecule has 0 amide bonds. The molecule has 1 heterocycles. The maximum Gasteiger partial charge on any atom is 0.0110 e. The van der Waals surface area contributed by atoms with E-state index in [1.54, 1.807) is 0 Å². The van der Waals surface area contributed by atoms with E-state index in [1.165, 1.54) is 51.7 Å². The molecular weight excluding hydrogens is 244 g/mol. The second-order valence-electron chi connectivity index (χ2n) is 7.81. The van der Waals surface area contributed by atoms with Gasteiger partial charge in [-0.15, -0.1) is 0 Å². The molecule has 1 N–H and O–H groups in total. The monoisotopic (exact) mass is 280 g/mol. The zero-order chi connectivity index (χ0) is 14.8. The van der Waals surface area contributed by atoms with E-state index in [0.29, 0.717) is 5.41 Å². The molecule has 0 aromatic carbocycles. The van der Waals surface area contributed by atoms with Crippen molar-refractivity contribution < 1.29 is 0 Å². The highest BCUT2D eigenvalue weighted by Gasteiger charge is 2.39. The average Bonchev–Trinajstić information content (AvgIpc) is 2.85. The van der Waals surface area contributed by atoms with E-state index in [-0.39, 0.29) is 0 Å². The molecule has 0 spiro atoms. The van der Waals surface area contributed by atoms with Crippen molar-refractivity contribution >= 4 is 0 Å². The molecule has 0 radical (unpaired) electrons. The molecule has 0 aromatic heterocycles. The van der Waals surface area contributed by atoms with Crippen molar-refractivity contribution in [2.45, 2.75) is 65.8 Å². The smallest absolute Gasteiger partial charge is 0.0110 e. The van der Waals surface area contributed by atoms with Crippen LogP contribution in [0.25, 0.3) is 0 Å². The molecule has 0 bridgehead atoms. The minimum Gasteiger partial charge on any atom is -0.317 e. The Hall–Kier alpha value is -0.0800. The predicted octanol–water partition coefficient (Wildman–Crippen LogP) is 3.77. The first-order chi connectivity index (χ1) is 9.53. The molecule has 1 aliphatic carbocycles. The molecule has 118 valence electrons. The van der Waals surface area contributed by atoms with Gasteiger partial charge < -0.3 is 10.2 Å². The highest BCUT2D eigenvalue weighted by Crippen LogP contribution is 2.39. The van der Waals surface area contributed by atoms with Crippen LogP contribution in [0.2, 0.25) is 0 Å². The summed E-state index contributed by atoms with van der Waals surface area (Å²) in [6.45, 7) is 13.7. The normalized spacial score (nSPS) is 38.2. The molecule has 1 saturated carbocycles. The van der Waals surface area contributed by atoms with Crippen LogP contribution in [-0.2, 0) is 0 Å². The van der Waals surface area contributed by atoms with Crippen LogP contribution in [0.5, 0.6) is 0 Å². The van der Waals surface area contributed by atoms with Gasteiger partial charge >= 0.3 is 0 Å². The quantitative estimate of drug-likeness (QED) is 0.824. The second-order valence-corrected chi connectivity index (χ2v) is 7.81. The third-order valence-corrected chi connectivity index (χ3v) is 6.54. The maximum atomic E-state index is 3.61. The first-order valence-corrected chi connectivity index (χ1v) is 8.93. The number of likely N-dealkylation sites (tertiary alicyclic amines) is 1. The molecule has 1 aliphatic heterocycles. The van der Waals surface area contributed by atoms with Gasteiger partial charge in [-0.05, 0) is 68.9 Å². The van der Waals surface area contributed by atoms with Crippen molar-refractivity contribution in [2.75, 3.05) is 26.7 Å². The SMILES string of the molecule is CCC1(CC)CCN(CC2C(C)CC(C)CC2NC)C1. The van der Waals surface area contributed by atoms with Crippen LogP contribution in [0.3, 0.4) is 0 Å². The molecule has 2 rings (SSSR count). The Bertz CT molecular complexity index is 298. The summed E-state index contributed by atoms with van der Waals surface area (Å²) in [5.41, 5.74) is 0.625. The van der Waals surface area contributed by atoms with E-state index in [9.17, 15) is 0 Å². The van der Waals surface area contributed by atoms with Crippen LogP contribution in [0.1, 0.15) is 59.8 Å². The number of rotatable bonds is 5. The van der Waals surface area contributed by atoms with Gasteiger partial charge in [0, 0.05) is 19.1 Å². The Morgan fingerprint density at radius 3 is 2.40 bits per heavy atom. The van der Waals surface area contributed by atoms with E-state index >= 15 is 0 Å². The second kappa shape index (κ2) is 6.79. The Morgan fingerprint density at radius 1 is 1.15 bits per heavy atom. The lowest BCUT2D eigenvalue weighted by atomic mass is 9.72. The summed E-state index contributed by atoms with van der Waals surface area (Å²) >= 11 is 0. The largest absolute Gasteiger partial charge is 0.317 e. The number of nitrogens with zero attached hydrogens (tertiary/aromatic N) is 1. The Morgan fingerprint density at radius 2 is 1.85 bits per heavy atom. The maximum absolute atomic E-state index is 3.61. The Balaban J connectivity index is 1.95. The van der Waals surface area contributed by atoms with Gasteiger partial charge in [0.25, 0.3) is 0 Å². The van der Waals surface area contributed by atoms with Crippen molar-refractivity contribution in [3.05, 3.63) is 0 Å². The van der Waals surface area contributed by atoms with E-state index in [1.807, 2.05) is 0 Å². The molecule has 4 atom stereocenters. The number of hydrogen-bond donors (Lipinski definition) is 1. The van der Waals surface area contributed by atoms with Gasteiger partial charge in [-0.25, -0.2) is 0 Å². The van der Waals surface area contributed by atoms with Crippen LogP contribution < -0.4 is 5.32 Å². The van der Waals surface area contributed by atoms with Gasteiger partial charge in [-0.1, -0.05) is 27.7 Å². The lowest BCUT2D eigenvalue weighted by Crippen LogP contribution is -2.47. The van der Waals surface area contributed by atoms with Crippen LogP contribution in [0.15, 0.2) is 0 Å². The first-order valence-electron chi connectivity index (χ1n) is 8.93. The van der Waals surface area contributed by atoms with Crippen molar-refractivity contribution in [1.29, 1.82) is 0 Å². The van der Waals surface area contributed by atoms with Crippen LogP contribution in [0, 0.1) is 23.2 Å². The van der Waals surface area contributed by atoms with E-state index in [2.05, 4.69) is 45.0 Å². The van der Waals surface area contributed by atoms with E-state index in [0.717, 1.165) is 23.8 Å². The first kappa shape index (κ1) is 16.3. The number of hydrogen-bond acceptors (Lipinski definition) is 2.